The lowest BCUT2D eigenvalue weighted by Gasteiger charge is -2.35. The predicted octanol–water partition coefficient (Wildman–Crippen LogP) is 0.780. The van der Waals surface area contributed by atoms with Crippen LogP contribution in [0.15, 0.2) is 36.8 Å². The number of pyridine rings is 1. The maximum Gasteiger partial charge on any atom is 0.225 e. The molecule has 98 valence electrons. The van der Waals surface area contributed by atoms with Gasteiger partial charge in [-0.25, -0.2) is 15.0 Å². The first kappa shape index (κ1) is 11.7. The largest absolute Gasteiger partial charge is 0.399 e. The summed E-state index contributed by atoms with van der Waals surface area (Å²) in [6, 6.07) is 5.54. The SMILES string of the molecule is Nc1ccnc(N2CCN(c3ncccn3)CC2)c1. The molecule has 0 aliphatic carbocycles. The van der Waals surface area contributed by atoms with Gasteiger partial charge in [0.05, 0.1) is 0 Å². The fraction of sp³-hybridized carbons (Fsp3) is 0.308. The topological polar surface area (TPSA) is 71.2 Å². The van der Waals surface area contributed by atoms with E-state index < -0.39 is 0 Å². The van der Waals surface area contributed by atoms with Crippen LogP contribution < -0.4 is 15.5 Å². The van der Waals surface area contributed by atoms with Crippen LogP contribution in [0.2, 0.25) is 0 Å². The third-order valence-corrected chi connectivity index (χ3v) is 3.21. The van der Waals surface area contributed by atoms with E-state index >= 15 is 0 Å². The van der Waals surface area contributed by atoms with Gasteiger partial charge in [-0.05, 0) is 12.1 Å². The lowest BCUT2D eigenvalue weighted by molar-refractivity contribution is 0.634. The van der Waals surface area contributed by atoms with Crippen LogP contribution >= 0.6 is 0 Å². The van der Waals surface area contributed by atoms with Crippen LogP contribution in [-0.2, 0) is 0 Å². The highest BCUT2D eigenvalue weighted by Gasteiger charge is 2.19. The van der Waals surface area contributed by atoms with Crippen LogP contribution in [0.4, 0.5) is 17.5 Å². The van der Waals surface area contributed by atoms with E-state index in [1.54, 1.807) is 24.7 Å². The second kappa shape index (κ2) is 5.09. The Bertz CT molecular complexity index is 536. The van der Waals surface area contributed by atoms with E-state index in [-0.39, 0.29) is 0 Å². The molecule has 0 atom stereocenters. The lowest BCUT2D eigenvalue weighted by atomic mass is 10.3. The summed E-state index contributed by atoms with van der Waals surface area (Å²) in [4.78, 5) is 17.3. The van der Waals surface area contributed by atoms with Crippen LogP contribution in [0, 0.1) is 0 Å². The van der Waals surface area contributed by atoms with Crippen molar-refractivity contribution in [3.8, 4) is 0 Å². The Morgan fingerprint density at radius 1 is 0.895 bits per heavy atom. The van der Waals surface area contributed by atoms with Crippen molar-refractivity contribution in [2.75, 3.05) is 41.7 Å². The van der Waals surface area contributed by atoms with Crippen molar-refractivity contribution in [3.05, 3.63) is 36.8 Å². The number of piperazine rings is 1. The fourth-order valence-electron chi connectivity index (χ4n) is 2.20. The Morgan fingerprint density at radius 3 is 2.26 bits per heavy atom. The number of hydrogen-bond acceptors (Lipinski definition) is 6. The van der Waals surface area contributed by atoms with E-state index in [4.69, 9.17) is 5.73 Å². The molecule has 2 N–H and O–H groups in total. The third kappa shape index (κ3) is 2.57. The molecule has 0 bridgehead atoms. The zero-order valence-electron chi connectivity index (χ0n) is 10.6. The van der Waals surface area contributed by atoms with Crippen LogP contribution in [-0.4, -0.2) is 41.1 Å². The first-order chi connectivity index (χ1) is 9.33. The summed E-state index contributed by atoms with van der Waals surface area (Å²) in [6.45, 7) is 3.57. The maximum atomic E-state index is 5.79. The summed E-state index contributed by atoms with van der Waals surface area (Å²) in [5, 5.41) is 0. The van der Waals surface area contributed by atoms with Crippen LogP contribution in [0.25, 0.3) is 0 Å². The number of nitrogens with zero attached hydrogens (tertiary/aromatic N) is 5. The molecular weight excluding hydrogens is 240 g/mol. The molecule has 0 radical (unpaired) electrons. The molecular formula is C13H16N6. The van der Waals surface area contributed by atoms with Crippen molar-refractivity contribution in [1.29, 1.82) is 0 Å². The third-order valence-electron chi connectivity index (χ3n) is 3.21. The standard InChI is InChI=1S/C13H16N6/c14-11-2-5-15-12(10-11)18-6-8-19(9-7-18)13-16-3-1-4-17-13/h1-5,10H,6-9H2,(H2,14,15). The highest BCUT2D eigenvalue weighted by Crippen LogP contribution is 2.17. The van der Waals surface area contributed by atoms with Crippen molar-refractivity contribution < 1.29 is 0 Å². The molecule has 0 amide bonds. The molecule has 1 aliphatic heterocycles. The minimum atomic E-state index is 0.749. The first-order valence-corrected chi connectivity index (χ1v) is 6.31. The van der Waals surface area contributed by atoms with Crippen LogP contribution in [0.1, 0.15) is 0 Å². The molecule has 0 saturated carbocycles. The van der Waals surface area contributed by atoms with E-state index in [1.165, 1.54) is 0 Å². The lowest BCUT2D eigenvalue weighted by Crippen LogP contribution is -2.47. The van der Waals surface area contributed by atoms with E-state index in [1.807, 2.05) is 12.1 Å². The monoisotopic (exact) mass is 256 g/mol. The smallest absolute Gasteiger partial charge is 0.225 e. The molecule has 3 rings (SSSR count). The van der Waals surface area contributed by atoms with Crippen molar-refractivity contribution in [2.24, 2.45) is 0 Å². The first-order valence-electron chi connectivity index (χ1n) is 6.31. The average molecular weight is 256 g/mol. The van der Waals surface area contributed by atoms with Crippen LogP contribution in [0.5, 0.6) is 0 Å². The zero-order chi connectivity index (χ0) is 13.1. The van der Waals surface area contributed by atoms with Crippen molar-refractivity contribution in [2.45, 2.75) is 0 Å². The highest BCUT2D eigenvalue weighted by atomic mass is 15.3. The van der Waals surface area contributed by atoms with Gasteiger partial charge in [-0.3, -0.25) is 0 Å². The number of nitrogen functional groups attached to an aromatic ring is 1. The molecule has 0 aromatic carbocycles. The van der Waals surface area contributed by atoms with Gasteiger partial charge in [-0.1, -0.05) is 0 Å². The molecule has 3 heterocycles. The van der Waals surface area contributed by atoms with Gasteiger partial charge in [0.1, 0.15) is 5.82 Å². The molecule has 1 fully saturated rings. The van der Waals surface area contributed by atoms with Gasteiger partial charge in [0, 0.05) is 56.5 Å². The molecule has 2 aromatic rings. The van der Waals surface area contributed by atoms with Gasteiger partial charge in [-0.15, -0.1) is 0 Å². The van der Waals surface area contributed by atoms with Crippen molar-refractivity contribution >= 4 is 17.5 Å². The van der Waals surface area contributed by atoms with Gasteiger partial charge >= 0.3 is 0 Å². The molecule has 1 saturated heterocycles. The second-order valence-electron chi connectivity index (χ2n) is 4.47. The number of rotatable bonds is 2. The van der Waals surface area contributed by atoms with Gasteiger partial charge in [-0.2, -0.15) is 0 Å². The predicted molar refractivity (Wildman–Crippen MR) is 75.1 cm³/mol. The second-order valence-corrected chi connectivity index (χ2v) is 4.47. The summed E-state index contributed by atoms with van der Waals surface area (Å²) in [5.74, 6) is 1.73. The molecule has 6 heteroatoms. The Balaban J connectivity index is 1.67. The van der Waals surface area contributed by atoms with E-state index in [0.717, 1.165) is 43.6 Å². The molecule has 19 heavy (non-hydrogen) atoms. The van der Waals surface area contributed by atoms with Gasteiger partial charge in [0.15, 0.2) is 0 Å². The normalized spacial score (nSPS) is 15.6. The fourth-order valence-corrected chi connectivity index (χ4v) is 2.20. The Morgan fingerprint density at radius 2 is 1.58 bits per heavy atom. The van der Waals surface area contributed by atoms with Crippen LogP contribution in [0.3, 0.4) is 0 Å². The number of nitrogens with two attached hydrogens (primary N) is 1. The summed E-state index contributed by atoms with van der Waals surface area (Å²) < 4.78 is 0. The molecule has 2 aromatic heterocycles. The van der Waals surface area contributed by atoms with E-state index in [0.29, 0.717) is 0 Å². The summed E-state index contributed by atoms with van der Waals surface area (Å²) >= 11 is 0. The van der Waals surface area contributed by atoms with Gasteiger partial charge in [0.25, 0.3) is 0 Å². The molecule has 0 unspecified atom stereocenters. The number of aromatic nitrogens is 3. The van der Waals surface area contributed by atoms with E-state index in [2.05, 4.69) is 24.8 Å². The Kier molecular flexibility index (Phi) is 3.14. The average Bonchev–Trinajstić information content (AvgIpc) is 2.48. The van der Waals surface area contributed by atoms with Crippen molar-refractivity contribution in [3.63, 3.8) is 0 Å². The molecule has 0 spiro atoms. The minimum Gasteiger partial charge on any atom is -0.399 e. The number of anilines is 3. The quantitative estimate of drug-likeness (QED) is 0.856. The Hall–Kier alpha value is -2.37. The Labute approximate surface area is 111 Å². The molecule has 1 aliphatic rings. The summed E-state index contributed by atoms with van der Waals surface area (Å²) in [7, 11) is 0. The van der Waals surface area contributed by atoms with Gasteiger partial charge in [0.2, 0.25) is 5.95 Å². The zero-order valence-corrected chi connectivity index (χ0v) is 10.6. The highest BCUT2D eigenvalue weighted by molar-refractivity contribution is 5.51. The maximum absolute atomic E-state index is 5.79. The number of hydrogen-bond donors (Lipinski definition) is 1. The minimum absolute atomic E-state index is 0.749. The van der Waals surface area contributed by atoms with Crippen molar-refractivity contribution in [1.82, 2.24) is 15.0 Å². The summed E-state index contributed by atoms with van der Waals surface area (Å²) in [5.41, 5.74) is 6.54. The molecule has 6 nitrogen and oxygen atoms in total. The van der Waals surface area contributed by atoms with E-state index in [9.17, 15) is 0 Å². The summed E-state index contributed by atoms with van der Waals surface area (Å²) in [6.07, 6.45) is 5.29. The van der Waals surface area contributed by atoms with Gasteiger partial charge < -0.3 is 15.5 Å².